The third kappa shape index (κ3) is 2.03. The fourth-order valence-electron chi connectivity index (χ4n) is 0.732. The Labute approximate surface area is 68.3 Å². The number of rotatable bonds is 3. The highest BCUT2D eigenvalue weighted by Gasteiger charge is 1.98. The van der Waals surface area contributed by atoms with E-state index in [2.05, 4.69) is 4.74 Å². The third-order valence-electron chi connectivity index (χ3n) is 1.29. The van der Waals surface area contributed by atoms with Crippen LogP contribution in [-0.4, -0.2) is 11.7 Å². The molecule has 0 aromatic heterocycles. The van der Waals surface area contributed by atoms with Gasteiger partial charge in [0.05, 0.1) is 0 Å². The van der Waals surface area contributed by atoms with Gasteiger partial charge in [0.15, 0.2) is 5.69 Å². The highest BCUT2D eigenvalue weighted by atomic mass is 16.8. The molecule has 1 rings (SSSR count). The van der Waals surface area contributed by atoms with Crippen molar-refractivity contribution in [2.45, 2.75) is 0 Å². The summed E-state index contributed by atoms with van der Waals surface area (Å²) < 4.78 is 4.47. The molecule has 1 unspecified atom stereocenters. The molecule has 5 nitrogen and oxygen atoms in total. The zero-order valence-corrected chi connectivity index (χ0v) is 6.06. The van der Waals surface area contributed by atoms with Crippen molar-refractivity contribution in [3.63, 3.8) is 0 Å². The Kier molecular flexibility index (Phi) is 2.76. The predicted octanol–water partition coefficient (Wildman–Crippen LogP) is -0.375. The van der Waals surface area contributed by atoms with Crippen molar-refractivity contribution in [3.8, 4) is 5.75 Å². The van der Waals surface area contributed by atoms with Crippen LogP contribution in [0.2, 0.25) is 0 Å². The molecule has 0 aliphatic rings. The summed E-state index contributed by atoms with van der Waals surface area (Å²) in [5, 5.41) is 17.8. The molecule has 0 radical (unpaired) electrons. The predicted molar refractivity (Wildman–Crippen MR) is 38.9 cm³/mol. The normalized spacial score (nSPS) is 12.2. The molecule has 0 spiro atoms. The first-order valence-electron chi connectivity index (χ1n) is 3.17. The minimum Gasteiger partial charge on any atom is -0.595 e. The lowest BCUT2D eigenvalue weighted by atomic mass is 10.3. The van der Waals surface area contributed by atoms with Crippen LogP contribution in [0.5, 0.6) is 5.75 Å². The van der Waals surface area contributed by atoms with Crippen LogP contribution in [0.4, 0.5) is 5.69 Å². The standard InChI is InChI=1S/C7H7NO4/c9-5-12-7-3-1-6(2-4-7)8(10)11/h1-5,8,10H. The van der Waals surface area contributed by atoms with E-state index in [1.807, 2.05) is 0 Å². The number of hydrogen-bond acceptors (Lipinski definition) is 4. The summed E-state index contributed by atoms with van der Waals surface area (Å²) in [5.74, 6) is 0.329. The average Bonchev–Trinajstić information content (AvgIpc) is 2.06. The van der Waals surface area contributed by atoms with Crippen molar-refractivity contribution in [1.29, 1.82) is 0 Å². The minimum atomic E-state index is -1.01. The first kappa shape index (κ1) is 8.66. The van der Waals surface area contributed by atoms with Gasteiger partial charge >= 0.3 is 0 Å². The summed E-state index contributed by atoms with van der Waals surface area (Å²) in [6.07, 6.45) is 0. The summed E-state index contributed by atoms with van der Waals surface area (Å²) in [6.45, 7) is 0.287. The van der Waals surface area contributed by atoms with Crippen molar-refractivity contribution < 1.29 is 20.0 Å². The van der Waals surface area contributed by atoms with E-state index in [4.69, 9.17) is 5.21 Å². The number of nitrogens with one attached hydrogen (secondary N) is 1. The van der Waals surface area contributed by atoms with Crippen molar-refractivity contribution in [2.24, 2.45) is 0 Å². The van der Waals surface area contributed by atoms with E-state index in [0.717, 1.165) is 0 Å². The number of quaternary nitrogens is 1. The Balaban J connectivity index is 2.78. The molecular formula is C7H7NO4. The average molecular weight is 169 g/mol. The van der Waals surface area contributed by atoms with Gasteiger partial charge in [-0.25, -0.2) is 5.21 Å². The molecule has 0 heterocycles. The van der Waals surface area contributed by atoms with E-state index in [1.165, 1.54) is 24.3 Å². The molecule has 0 aliphatic heterocycles. The highest BCUT2D eigenvalue weighted by Crippen LogP contribution is 2.11. The molecule has 5 heteroatoms. The van der Waals surface area contributed by atoms with Gasteiger partial charge in [-0.15, -0.1) is 0 Å². The van der Waals surface area contributed by atoms with Crippen LogP contribution in [0.3, 0.4) is 0 Å². The van der Waals surface area contributed by atoms with Crippen LogP contribution < -0.4 is 9.96 Å². The zero-order chi connectivity index (χ0) is 8.97. The Morgan fingerprint density at radius 3 is 2.42 bits per heavy atom. The second-order valence-corrected chi connectivity index (χ2v) is 2.04. The summed E-state index contributed by atoms with van der Waals surface area (Å²) in [4.78, 5) is 9.85. The lowest BCUT2D eigenvalue weighted by Crippen LogP contribution is -2.99. The molecule has 1 atom stereocenters. The van der Waals surface area contributed by atoms with E-state index < -0.39 is 5.23 Å². The molecule has 0 bridgehead atoms. The molecule has 0 saturated heterocycles. The fourth-order valence-corrected chi connectivity index (χ4v) is 0.732. The van der Waals surface area contributed by atoms with Gasteiger partial charge < -0.3 is 9.94 Å². The minimum absolute atomic E-state index is 0.160. The maximum absolute atomic E-state index is 10.4. The Hall–Kier alpha value is -1.43. The molecule has 12 heavy (non-hydrogen) atoms. The Bertz CT molecular complexity index is 257. The second-order valence-electron chi connectivity index (χ2n) is 2.04. The number of hydrogen-bond donors (Lipinski definition) is 2. The van der Waals surface area contributed by atoms with E-state index in [9.17, 15) is 10.0 Å². The van der Waals surface area contributed by atoms with Crippen LogP contribution in [0.1, 0.15) is 0 Å². The first-order valence-corrected chi connectivity index (χ1v) is 3.17. The number of carbonyl (C=O) groups excluding carboxylic acids is 1. The summed E-state index contributed by atoms with van der Waals surface area (Å²) in [7, 11) is 0. The largest absolute Gasteiger partial charge is 0.595 e. The monoisotopic (exact) mass is 169 g/mol. The van der Waals surface area contributed by atoms with Crippen LogP contribution in [0.25, 0.3) is 0 Å². The summed E-state index contributed by atoms with van der Waals surface area (Å²) >= 11 is 0. The van der Waals surface area contributed by atoms with E-state index in [0.29, 0.717) is 5.75 Å². The molecule has 64 valence electrons. The van der Waals surface area contributed by atoms with Gasteiger partial charge in [-0.1, -0.05) is 0 Å². The third-order valence-corrected chi connectivity index (χ3v) is 1.29. The number of benzene rings is 1. The molecule has 0 aliphatic carbocycles. The molecule has 2 N–H and O–H groups in total. The van der Waals surface area contributed by atoms with Gasteiger partial charge in [0.1, 0.15) is 5.75 Å². The fraction of sp³-hybridized carbons (Fsp3) is 0. The topological polar surface area (TPSA) is 74.0 Å². The zero-order valence-electron chi connectivity index (χ0n) is 6.06. The van der Waals surface area contributed by atoms with Crippen molar-refractivity contribution >= 4 is 12.2 Å². The van der Waals surface area contributed by atoms with Gasteiger partial charge in [0.25, 0.3) is 6.47 Å². The van der Waals surface area contributed by atoms with E-state index in [1.54, 1.807) is 0 Å². The lowest BCUT2D eigenvalue weighted by molar-refractivity contribution is -0.991. The van der Waals surface area contributed by atoms with Crippen molar-refractivity contribution in [2.75, 3.05) is 0 Å². The Morgan fingerprint density at radius 2 is 2.00 bits per heavy atom. The van der Waals surface area contributed by atoms with Crippen LogP contribution >= 0.6 is 0 Å². The molecule has 1 aromatic carbocycles. The van der Waals surface area contributed by atoms with E-state index in [-0.39, 0.29) is 12.2 Å². The van der Waals surface area contributed by atoms with Gasteiger partial charge in [-0.05, 0) is 12.1 Å². The maximum Gasteiger partial charge on any atom is 0.298 e. The summed E-state index contributed by atoms with van der Waals surface area (Å²) in [6, 6.07) is 5.55. The lowest BCUT2D eigenvalue weighted by Gasteiger charge is -2.10. The Morgan fingerprint density at radius 1 is 1.42 bits per heavy atom. The second kappa shape index (κ2) is 3.82. The van der Waals surface area contributed by atoms with Gasteiger partial charge in [-0.2, -0.15) is 5.23 Å². The van der Waals surface area contributed by atoms with Crippen LogP contribution in [0.15, 0.2) is 24.3 Å². The van der Waals surface area contributed by atoms with E-state index >= 15 is 0 Å². The van der Waals surface area contributed by atoms with Gasteiger partial charge in [0.2, 0.25) is 0 Å². The summed E-state index contributed by atoms with van der Waals surface area (Å²) in [5.41, 5.74) is 0.160. The van der Waals surface area contributed by atoms with Crippen molar-refractivity contribution in [1.82, 2.24) is 0 Å². The molecule has 0 fully saturated rings. The first-order chi connectivity index (χ1) is 5.74. The van der Waals surface area contributed by atoms with Crippen LogP contribution in [0, 0.1) is 5.21 Å². The van der Waals surface area contributed by atoms with Gasteiger partial charge in [-0.3, -0.25) is 4.79 Å². The smallest absolute Gasteiger partial charge is 0.298 e. The SMILES string of the molecule is O=COc1ccc([NH+]([O-])O)cc1. The molecule has 0 saturated carbocycles. The van der Waals surface area contributed by atoms with Crippen molar-refractivity contribution in [3.05, 3.63) is 29.5 Å². The molecule has 1 aromatic rings. The molecular weight excluding hydrogens is 162 g/mol. The number of ether oxygens (including phenoxy) is 1. The maximum atomic E-state index is 10.4. The van der Waals surface area contributed by atoms with Crippen LogP contribution in [-0.2, 0) is 4.79 Å². The number of carbonyl (C=O) groups is 1. The highest BCUT2D eigenvalue weighted by molar-refractivity contribution is 5.46. The molecule has 0 amide bonds. The quantitative estimate of drug-likeness (QED) is 0.478. The van der Waals surface area contributed by atoms with Gasteiger partial charge in [0, 0.05) is 12.1 Å².